The molecule has 0 spiro atoms. The largest absolute Gasteiger partial charge is 0.371 e. The van der Waals surface area contributed by atoms with Gasteiger partial charge in [-0.2, -0.15) is 0 Å². The third-order valence-corrected chi connectivity index (χ3v) is 3.84. The van der Waals surface area contributed by atoms with Gasteiger partial charge in [0, 0.05) is 25.2 Å². The van der Waals surface area contributed by atoms with Gasteiger partial charge in [0.25, 0.3) is 0 Å². The Labute approximate surface area is 127 Å². The highest BCUT2D eigenvalue weighted by molar-refractivity contribution is 6.07. The maximum atomic E-state index is 4.63. The Morgan fingerprint density at radius 1 is 1.23 bits per heavy atom. The number of rotatable bonds is 2. The quantitative estimate of drug-likeness (QED) is 0.596. The molecule has 6 nitrogen and oxygen atoms in total. The van der Waals surface area contributed by atoms with E-state index in [2.05, 4.69) is 31.3 Å². The van der Waals surface area contributed by atoms with Crippen molar-refractivity contribution in [3.05, 3.63) is 36.3 Å². The predicted molar refractivity (Wildman–Crippen MR) is 87.9 cm³/mol. The number of pyridine rings is 2. The van der Waals surface area contributed by atoms with Crippen LogP contribution in [0, 0.1) is 6.92 Å². The molecule has 4 rings (SSSR count). The molecule has 22 heavy (non-hydrogen) atoms. The molecule has 0 saturated carbocycles. The van der Waals surface area contributed by atoms with Gasteiger partial charge < -0.3 is 14.9 Å². The van der Waals surface area contributed by atoms with Crippen LogP contribution in [0.4, 0.5) is 5.82 Å². The van der Waals surface area contributed by atoms with Crippen molar-refractivity contribution in [2.24, 2.45) is 7.05 Å². The molecule has 0 amide bonds. The zero-order valence-electron chi connectivity index (χ0n) is 12.7. The summed E-state index contributed by atoms with van der Waals surface area (Å²) >= 11 is 0. The van der Waals surface area contributed by atoms with Crippen LogP contribution in [0.25, 0.3) is 33.5 Å². The van der Waals surface area contributed by atoms with E-state index in [4.69, 9.17) is 0 Å². The SMILES string of the molecule is CNc1nc2[nH]c(-c3cccc(C)n3)cc2c2c1ncn2C. The van der Waals surface area contributed by atoms with E-state index in [1.54, 1.807) is 0 Å². The lowest BCUT2D eigenvalue weighted by Crippen LogP contribution is -1.95. The summed E-state index contributed by atoms with van der Waals surface area (Å²) < 4.78 is 2.02. The zero-order valence-corrected chi connectivity index (χ0v) is 12.7. The first-order valence-electron chi connectivity index (χ1n) is 7.13. The van der Waals surface area contributed by atoms with E-state index in [0.717, 1.165) is 45.0 Å². The Hall–Kier alpha value is -2.89. The van der Waals surface area contributed by atoms with Crippen LogP contribution in [-0.4, -0.2) is 31.6 Å². The molecule has 0 saturated heterocycles. The molecule has 0 aromatic carbocycles. The number of aromatic amines is 1. The number of imidazole rings is 1. The Balaban J connectivity index is 2.05. The molecule has 0 atom stereocenters. The number of hydrogen-bond acceptors (Lipinski definition) is 4. The van der Waals surface area contributed by atoms with Gasteiger partial charge in [0.2, 0.25) is 0 Å². The summed E-state index contributed by atoms with van der Waals surface area (Å²) in [6.07, 6.45) is 1.81. The third-order valence-electron chi connectivity index (χ3n) is 3.84. The third kappa shape index (κ3) is 1.77. The average molecular weight is 292 g/mol. The van der Waals surface area contributed by atoms with Gasteiger partial charge in [-0.15, -0.1) is 0 Å². The van der Waals surface area contributed by atoms with Crippen LogP contribution in [0.3, 0.4) is 0 Å². The molecule has 110 valence electrons. The Morgan fingerprint density at radius 3 is 2.86 bits per heavy atom. The molecule has 6 heteroatoms. The minimum absolute atomic E-state index is 0.772. The number of nitrogens with zero attached hydrogens (tertiary/aromatic N) is 4. The van der Waals surface area contributed by atoms with Gasteiger partial charge in [0.1, 0.15) is 11.2 Å². The van der Waals surface area contributed by atoms with Gasteiger partial charge >= 0.3 is 0 Å². The highest BCUT2D eigenvalue weighted by Crippen LogP contribution is 2.30. The first-order chi connectivity index (χ1) is 10.7. The van der Waals surface area contributed by atoms with Crippen molar-refractivity contribution in [1.82, 2.24) is 24.5 Å². The predicted octanol–water partition coefficient (Wildman–Crippen LogP) is 2.86. The van der Waals surface area contributed by atoms with Gasteiger partial charge in [-0.25, -0.2) is 9.97 Å². The molecule has 0 fully saturated rings. The number of aromatic nitrogens is 5. The highest BCUT2D eigenvalue weighted by atomic mass is 15.1. The minimum atomic E-state index is 0.772. The normalized spacial score (nSPS) is 11.4. The maximum absolute atomic E-state index is 4.63. The van der Waals surface area contributed by atoms with E-state index in [9.17, 15) is 0 Å². The smallest absolute Gasteiger partial charge is 0.156 e. The fourth-order valence-corrected chi connectivity index (χ4v) is 2.80. The van der Waals surface area contributed by atoms with Crippen molar-refractivity contribution in [1.29, 1.82) is 0 Å². The summed E-state index contributed by atoms with van der Waals surface area (Å²) in [5.74, 6) is 0.772. The topological polar surface area (TPSA) is 71.4 Å². The van der Waals surface area contributed by atoms with Crippen molar-refractivity contribution in [2.45, 2.75) is 6.92 Å². The van der Waals surface area contributed by atoms with Gasteiger partial charge in [-0.1, -0.05) is 6.07 Å². The Bertz CT molecular complexity index is 995. The first-order valence-corrected chi connectivity index (χ1v) is 7.13. The highest BCUT2D eigenvalue weighted by Gasteiger charge is 2.15. The van der Waals surface area contributed by atoms with Gasteiger partial charge in [0.15, 0.2) is 5.82 Å². The lowest BCUT2D eigenvalue weighted by molar-refractivity contribution is 0.951. The molecule has 0 aliphatic carbocycles. The second-order valence-corrected chi connectivity index (χ2v) is 5.37. The van der Waals surface area contributed by atoms with E-state index < -0.39 is 0 Å². The van der Waals surface area contributed by atoms with Crippen molar-refractivity contribution in [2.75, 3.05) is 12.4 Å². The average Bonchev–Trinajstić information content (AvgIpc) is 3.10. The van der Waals surface area contributed by atoms with Crippen LogP contribution >= 0.6 is 0 Å². The molecule has 4 aromatic heterocycles. The number of nitrogens with one attached hydrogen (secondary N) is 2. The molecular formula is C16H16N6. The standard InChI is InChI=1S/C16H16N6/c1-9-5-4-6-11(19-9)12-7-10-14-13(18-8-22(14)3)16(17-2)21-15(10)20-12/h4-8H,1-3H3,(H2,17,20,21). The fraction of sp³-hybridized carbons (Fsp3) is 0.188. The van der Waals surface area contributed by atoms with Crippen molar-refractivity contribution >= 4 is 27.9 Å². The molecule has 4 aromatic rings. The van der Waals surface area contributed by atoms with Gasteiger partial charge in [0.05, 0.1) is 23.2 Å². The number of anilines is 1. The van der Waals surface area contributed by atoms with Crippen LogP contribution in [0.2, 0.25) is 0 Å². The van der Waals surface area contributed by atoms with E-state index in [1.807, 2.05) is 50.1 Å². The van der Waals surface area contributed by atoms with Crippen LogP contribution in [0.1, 0.15) is 5.69 Å². The molecule has 0 unspecified atom stereocenters. The van der Waals surface area contributed by atoms with E-state index >= 15 is 0 Å². The lowest BCUT2D eigenvalue weighted by Gasteiger charge is -2.02. The molecule has 0 aliphatic heterocycles. The van der Waals surface area contributed by atoms with E-state index in [1.165, 1.54) is 0 Å². The van der Waals surface area contributed by atoms with Crippen molar-refractivity contribution in [3.8, 4) is 11.4 Å². The zero-order chi connectivity index (χ0) is 15.3. The minimum Gasteiger partial charge on any atom is -0.371 e. The van der Waals surface area contributed by atoms with Gasteiger partial charge in [-0.05, 0) is 25.1 Å². The second kappa shape index (κ2) is 4.56. The summed E-state index contributed by atoms with van der Waals surface area (Å²) in [7, 11) is 3.85. The maximum Gasteiger partial charge on any atom is 0.156 e. The number of hydrogen-bond donors (Lipinski definition) is 2. The fourth-order valence-electron chi connectivity index (χ4n) is 2.80. The van der Waals surface area contributed by atoms with Gasteiger partial charge in [-0.3, -0.25) is 4.98 Å². The first kappa shape index (κ1) is 12.8. The van der Waals surface area contributed by atoms with Crippen molar-refractivity contribution < 1.29 is 0 Å². The Morgan fingerprint density at radius 2 is 2.09 bits per heavy atom. The Kier molecular flexibility index (Phi) is 2.66. The summed E-state index contributed by atoms with van der Waals surface area (Å²) in [4.78, 5) is 17.0. The van der Waals surface area contributed by atoms with Crippen LogP contribution in [0.5, 0.6) is 0 Å². The summed E-state index contributed by atoms with van der Waals surface area (Å²) in [5.41, 5.74) is 5.63. The molecule has 2 N–H and O–H groups in total. The lowest BCUT2D eigenvalue weighted by atomic mass is 10.2. The summed E-state index contributed by atoms with van der Waals surface area (Å²) in [5, 5.41) is 4.16. The molecular weight excluding hydrogens is 276 g/mol. The number of H-pyrrole nitrogens is 1. The monoisotopic (exact) mass is 292 g/mol. The molecule has 0 bridgehead atoms. The van der Waals surface area contributed by atoms with Crippen LogP contribution in [0.15, 0.2) is 30.6 Å². The molecule has 0 aliphatic rings. The van der Waals surface area contributed by atoms with E-state index in [-0.39, 0.29) is 0 Å². The number of fused-ring (bicyclic) bond motifs is 3. The van der Waals surface area contributed by atoms with Crippen LogP contribution in [-0.2, 0) is 7.05 Å². The molecule has 0 radical (unpaired) electrons. The van der Waals surface area contributed by atoms with Crippen molar-refractivity contribution in [3.63, 3.8) is 0 Å². The van der Waals surface area contributed by atoms with Crippen LogP contribution < -0.4 is 5.32 Å². The molecule has 4 heterocycles. The summed E-state index contributed by atoms with van der Waals surface area (Å²) in [6.45, 7) is 1.99. The van der Waals surface area contributed by atoms with E-state index in [0.29, 0.717) is 0 Å². The summed E-state index contributed by atoms with van der Waals surface area (Å²) in [6, 6.07) is 8.09. The number of aryl methyl sites for hydroxylation is 2. The second-order valence-electron chi connectivity index (χ2n) is 5.37.